The first kappa shape index (κ1) is 20.1. The van der Waals surface area contributed by atoms with Crippen molar-refractivity contribution in [3.8, 4) is 11.3 Å². The van der Waals surface area contributed by atoms with Gasteiger partial charge in [0.15, 0.2) is 21.9 Å². The van der Waals surface area contributed by atoms with Crippen LogP contribution < -0.4 is 5.32 Å². The Morgan fingerprint density at radius 1 is 1.14 bits per heavy atom. The summed E-state index contributed by atoms with van der Waals surface area (Å²) >= 11 is 1.80. The highest BCUT2D eigenvalue weighted by atomic mass is 32.2. The molecule has 3 aromatic rings. The van der Waals surface area contributed by atoms with Crippen LogP contribution in [-0.4, -0.2) is 26.6 Å². The second-order valence-corrected chi connectivity index (χ2v) is 7.03. The van der Waals surface area contributed by atoms with Gasteiger partial charge in [-0.2, -0.15) is 13.2 Å². The average Bonchev–Trinajstić information content (AvgIpc) is 3.10. The van der Waals surface area contributed by atoms with Crippen molar-refractivity contribution in [1.82, 2.24) is 15.0 Å². The molecular formula is C16H9F5N4OS2. The molecule has 0 saturated heterocycles. The smallest absolute Gasteiger partial charge is 0.301 e. The number of thiazole rings is 1. The lowest BCUT2D eigenvalue weighted by atomic mass is 10.2. The van der Waals surface area contributed by atoms with Gasteiger partial charge in [0, 0.05) is 17.1 Å². The zero-order valence-electron chi connectivity index (χ0n) is 13.6. The molecule has 0 radical (unpaired) electrons. The van der Waals surface area contributed by atoms with E-state index in [1.807, 2.05) is 0 Å². The summed E-state index contributed by atoms with van der Waals surface area (Å²) in [4.78, 5) is 23.1. The van der Waals surface area contributed by atoms with Crippen molar-refractivity contribution < 1.29 is 26.7 Å². The molecule has 146 valence electrons. The molecule has 0 atom stereocenters. The van der Waals surface area contributed by atoms with Gasteiger partial charge in [-0.05, 0) is 24.3 Å². The number of hydrogen-bond acceptors (Lipinski definition) is 6. The Morgan fingerprint density at radius 2 is 1.93 bits per heavy atom. The third-order valence-corrected chi connectivity index (χ3v) is 4.84. The lowest BCUT2D eigenvalue weighted by Crippen LogP contribution is -2.14. The first-order valence-electron chi connectivity index (χ1n) is 7.46. The number of carbonyl (C=O) groups is 1. The summed E-state index contributed by atoms with van der Waals surface area (Å²) in [6, 6.07) is 4.03. The predicted octanol–water partition coefficient (Wildman–Crippen LogP) is 4.63. The fourth-order valence-corrected chi connectivity index (χ4v) is 3.34. The van der Waals surface area contributed by atoms with Gasteiger partial charge in [-0.15, -0.1) is 11.3 Å². The number of thioether (sulfide) groups is 1. The molecule has 0 spiro atoms. The third-order valence-electron chi connectivity index (χ3n) is 3.22. The minimum atomic E-state index is -4.60. The first-order valence-corrected chi connectivity index (χ1v) is 9.33. The predicted molar refractivity (Wildman–Crippen MR) is 93.9 cm³/mol. The molecule has 0 bridgehead atoms. The molecule has 3 rings (SSSR count). The highest BCUT2D eigenvalue weighted by Gasteiger charge is 2.32. The van der Waals surface area contributed by atoms with Crippen molar-refractivity contribution in [1.29, 1.82) is 0 Å². The quantitative estimate of drug-likeness (QED) is 0.362. The zero-order valence-corrected chi connectivity index (χ0v) is 15.3. The highest BCUT2D eigenvalue weighted by Crippen LogP contribution is 2.29. The molecule has 1 aromatic carbocycles. The van der Waals surface area contributed by atoms with E-state index in [9.17, 15) is 26.7 Å². The summed E-state index contributed by atoms with van der Waals surface area (Å²) < 4.78 is 64.1. The standard InChI is InChI=1S/C16H9F5N4OS2/c17-9-2-1-8(5-10(9)18)11-6-27-15(23-11)25-13(26)7-28-14-22-4-3-12(24-14)16(19,20)21/h1-6H,7H2,(H,23,25,26). The third kappa shape index (κ3) is 5.01. The Kier molecular flexibility index (Phi) is 5.89. The molecule has 28 heavy (non-hydrogen) atoms. The van der Waals surface area contributed by atoms with Gasteiger partial charge in [-0.25, -0.2) is 23.7 Å². The van der Waals surface area contributed by atoms with Crippen LogP contribution in [0, 0.1) is 11.6 Å². The van der Waals surface area contributed by atoms with Crippen LogP contribution in [0.15, 0.2) is 41.0 Å². The molecular weight excluding hydrogens is 423 g/mol. The number of halogens is 5. The number of nitrogens with one attached hydrogen (secondary N) is 1. The number of carbonyl (C=O) groups excluding carboxylic acids is 1. The number of alkyl halides is 3. The van der Waals surface area contributed by atoms with Gasteiger partial charge in [-0.1, -0.05) is 11.8 Å². The highest BCUT2D eigenvalue weighted by molar-refractivity contribution is 7.99. The fourth-order valence-electron chi connectivity index (χ4n) is 1.97. The molecule has 1 amide bonds. The van der Waals surface area contributed by atoms with E-state index in [2.05, 4.69) is 20.3 Å². The van der Waals surface area contributed by atoms with E-state index in [4.69, 9.17) is 0 Å². The minimum absolute atomic E-state index is 0.188. The monoisotopic (exact) mass is 432 g/mol. The Hall–Kier alpha value is -2.60. The summed E-state index contributed by atoms with van der Waals surface area (Å²) in [5, 5.41) is 4.04. The molecule has 0 aliphatic rings. The SMILES string of the molecule is O=C(CSc1nccc(C(F)(F)F)n1)Nc1nc(-c2ccc(F)c(F)c2)cs1. The van der Waals surface area contributed by atoms with Crippen LogP contribution >= 0.6 is 23.1 Å². The Morgan fingerprint density at radius 3 is 2.64 bits per heavy atom. The number of amides is 1. The molecule has 1 N–H and O–H groups in total. The second kappa shape index (κ2) is 8.19. The van der Waals surface area contributed by atoms with Gasteiger partial charge >= 0.3 is 6.18 Å². The number of hydrogen-bond donors (Lipinski definition) is 1. The second-order valence-electron chi connectivity index (χ2n) is 5.23. The number of anilines is 1. The van der Waals surface area contributed by atoms with Crippen molar-refractivity contribution in [2.75, 3.05) is 11.1 Å². The molecule has 2 heterocycles. The van der Waals surface area contributed by atoms with Crippen molar-refractivity contribution in [2.45, 2.75) is 11.3 Å². The van der Waals surface area contributed by atoms with E-state index < -0.39 is 29.4 Å². The Labute approximate surface area is 163 Å². The van der Waals surface area contributed by atoms with Gasteiger partial charge in [0.05, 0.1) is 11.4 Å². The molecule has 12 heteroatoms. The average molecular weight is 432 g/mol. The lowest BCUT2D eigenvalue weighted by Gasteiger charge is -2.06. The maximum atomic E-state index is 13.3. The molecule has 0 aliphatic heterocycles. The van der Waals surface area contributed by atoms with E-state index in [1.54, 1.807) is 5.38 Å². The molecule has 0 unspecified atom stereocenters. The van der Waals surface area contributed by atoms with Crippen molar-refractivity contribution >= 4 is 34.1 Å². The summed E-state index contributed by atoms with van der Waals surface area (Å²) in [5.74, 6) is -2.77. The van der Waals surface area contributed by atoms with Gasteiger partial charge in [-0.3, -0.25) is 4.79 Å². The van der Waals surface area contributed by atoms with Gasteiger partial charge in [0.25, 0.3) is 0 Å². The van der Waals surface area contributed by atoms with Crippen molar-refractivity contribution in [3.05, 3.63) is 53.2 Å². The van der Waals surface area contributed by atoms with Crippen LogP contribution in [0.2, 0.25) is 0 Å². The molecule has 2 aromatic heterocycles. The van der Waals surface area contributed by atoms with E-state index >= 15 is 0 Å². The van der Waals surface area contributed by atoms with Crippen molar-refractivity contribution in [2.24, 2.45) is 0 Å². The normalized spacial score (nSPS) is 11.5. The maximum Gasteiger partial charge on any atom is 0.433 e. The Bertz CT molecular complexity index is 1010. The van der Waals surface area contributed by atoms with Crippen LogP contribution in [0.3, 0.4) is 0 Å². The number of rotatable bonds is 5. The molecule has 0 aliphatic carbocycles. The minimum Gasteiger partial charge on any atom is -0.301 e. The zero-order chi connectivity index (χ0) is 20.3. The Balaban J connectivity index is 1.60. The van der Waals surface area contributed by atoms with Crippen LogP contribution in [-0.2, 0) is 11.0 Å². The maximum absolute atomic E-state index is 13.3. The molecule has 5 nitrogen and oxygen atoms in total. The molecule has 0 saturated carbocycles. The first-order chi connectivity index (χ1) is 13.2. The van der Waals surface area contributed by atoms with Gasteiger partial charge < -0.3 is 5.32 Å². The topological polar surface area (TPSA) is 67.8 Å². The molecule has 0 fully saturated rings. The van der Waals surface area contributed by atoms with Crippen LogP contribution in [0.5, 0.6) is 0 Å². The van der Waals surface area contributed by atoms with E-state index in [-0.39, 0.29) is 16.0 Å². The van der Waals surface area contributed by atoms with E-state index in [0.717, 1.165) is 47.5 Å². The summed E-state index contributed by atoms with van der Waals surface area (Å²) in [6.45, 7) is 0. The number of nitrogens with zero attached hydrogens (tertiary/aromatic N) is 3. The number of aromatic nitrogens is 3. The summed E-state index contributed by atoms with van der Waals surface area (Å²) in [7, 11) is 0. The number of benzene rings is 1. The van der Waals surface area contributed by atoms with Gasteiger partial charge in [0.2, 0.25) is 5.91 Å². The summed E-state index contributed by atoms with van der Waals surface area (Å²) in [6.07, 6.45) is -3.64. The van der Waals surface area contributed by atoms with E-state index in [1.165, 1.54) is 6.07 Å². The largest absolute Gasteiger partial charge is 0.433 e. The van der Waals surface area contributed by atoms with Gasteiger partial charge in [0.1, 0.15) is 5.69 Å². The van der Waals surface area contributed by atoms with Crippen LogP contribution in [0.25, 0.3) is 11.3 Å². The van der Waals surface area contributed by atoms with E-state index in [0.29, 0.717) is 11.3 Å². The van der Waals surface area contributed by atoms with Crippen LogP contribution in [0.4, 0.5) is 27.1 Å². The van der Waals surface area contributed by atoms with Crippen molar-refractivity contribution in [3.63, 3.8) is 0 Å². The summed E-state index contributed by atoms with van der Waals surface area (Å²) in [5.41, 5.74) is -0.419. The lowest BCUT2D eigenvalue weighted by molar-refractivity contribution is -0.141. The van der Waals surface area contributed by atoms with Crippen LogP contribution in [0.1, 0.15) is 5.69 Å². The fraction of sp³-hybridized carbons (Fsp3) is 0.125.